The average Bonchev–Trinajstić information content (AvgIpc) is 2.54. The van der Waals surface area contributed by atoms with E-state index in [0.717, 1.165) is 5.56 Å². The lowest BCUT2D eigenvalue weighted by atomic mass is 10.2. The molecule has 2 rings (SSSR count). The normalized spacial score (nSPS) is 11.0. The summed E-state index contributed by atoms with van der Waals surface area (Å²) in [6.45, 7) is 0.288. The molecule has 0 saturated heterocycles. The van der Waals surface area contributed by atoms with Crippen molar-refractivity contribution in [2.75, 3.05) is 12.4 Å². The molecule has 0 unspecified atom stereocenters. The van der Waals surface area contributed by atoms with Crippen molar-refractivity contribution in [3.63, 3.8) is 0 Å². The highest BCUT2D eigenvalue weighted by atomic mass is 32.2. The quantitative estimate of drug-likeness (QED) is 0.773. The summed E-state index contributed by atoms with van der Waals surface area (Å²) >= 11 is 0. The van der Waals surface area contributed by atoms with Crippen molar-refractivity contribution < 1.29 is 13.2 Å². The van der Waals surface area contributed by atoms with Crippen LogP contribution in [0.5, 0.6) is 0 Å². The Hall–Kier alpha value is -2.45. The molecule has 1 heterocycles. The molecule has 8 heteroatoms. The van der Waals surface area contributed by atoms with Crippen molar-refractivity contribution in [3.8, 4) is 0 Å². The van der Waals surface area contributed by atoms with Crippen LogP contribution in [0, 0.1) is 0 Å². The van der Waals surface area contributed by atoms with E-state index >= 15 is 0 Å². The second-order valence-corrected chi connectivity index (χ2v) is 6.28. The van der Waals surface area contributed by atoms with Gasteiger partial charge in [-0.05, 0) is 36.9 Å². The number of anilines is 1. The minimum absolute atomic E-state index is 0.181. The molecule has 7 nitrogen and oxygen atoms in total. The second-order valence-electron chi connectivity index (χ2n) is 4.40. The zero-order chi connectivity index (χ0) is 16.0. The first-order valence-corrected chi connectivity index (χ1v) is 7.97. The van der Waals surface area contributed by atoms with Gasteiger partial charge in [0, 0.05) is 24.6 Å². The molecule has 116 valence electrons. The highest BCUT2D eigenvalue weighted by Gasteiger charge is 2.10. The Balaban J connectivity index is 1.91. The number of benzene rings is 1. The number of amides is 2. The number of hydrogen-bond acceptors (Lipinski definition) is 4. The molecule has 0 fully saturated rings. The van der Waals surface area contributed by atoms with Gasteiger partial charge in [-0.2, -0.15) is 0 Å². The van der Waals surface area contributed by atoms with Crippen molar-refractivity contribution in [2.45, 2.75) is 11.4 Å². The third-order valence-electron chi connectivity index (χ3n) is 2.89. The number of urea groups is 1. The van der Waals surface area contributed by atoms with E-state index in [-0.39, 0.29) is 17.5 Å². The Morgan fingerprint density at radius 2 is 1.73 bits per heavy atom. The number of aromatic nitrogens is 1. The summed E-state index contributed by atoms with van der Waals surface area (Å²) in [6, 6.07) is 9.29. The van der Waals surface area contributed by atoms with Crippen LogP contribution in [0.2, 0.25) is 0 Å². The van der Waals surface area contributed by atoms with E-state index in [1.165, 1.54) is 19.2 Å². The summed E-state index contributed by atoms with van der Waals surface area (Å²) in [6.07, 6.45) is 3.16. The highest BCUT2D eigenvalue weighted by molar-refractivity contribution is 7.89. The Bertz CT molecular complexity index is 730. The van der Waals surface area contributed by atoms with Crippen LogP contribution >= 0.6 is 0 Å². The maximum absolute atomic E-state index is 11.7. The van der Waals surface area contributed by atoms with E-state index in [4.69, 9.17) is 0 Å². The van der Waals surface area contributed by atoms with E-state index in [1.54, 1.807) is 36.7 Å². The standard InChI is InChI=1S/C14H16N4O3S/c1-15-22(20,21)13-4-2-11(3-5-13)10-17-14(19)18-12-6-8-16-9-7-12/h2-9,15H,10H2,1H3,(H2,16,17,18,19). The Kier molecular flexibility index (Phi) is 5.08. The second kappa shape index (κ2) is 7.01. The molecule has 2 aromatic rings. The van der Waals surface area contributed by atoms with Gasteiger partial charge in [-0.1, -0.05) is 12.1 Å². The molecule has 3 N–H and O–H groups in total. The summed E-state index contributed by atoms with van der Waals surface area (Å²) in [5.74, 6) is 0. The number of carbonyl (C=O) groups excluding carboxylic acids is 1. The molecule has 0 spiro atoms. The number of nitrogens with zero attached hydrogens (tertiary/aromatic N) is 1. The summed E-state index contributed by atoms with van der Waals surface area (Å²) in [5, 5.41) is 5.35. The fourth-order valence-electron chi connectivity index (χ4n) is 1.70. The zero-order valence-electron chi connectivity index (χ0n) is 11.9. The minimum atomic E-state index is -3.44. The number of nitrogens with one attached hydrogen (secondary N) is 3. The average molecular weight is 320 g/mol. The number of pyridine rings is 1. The topological polar surface area (TPSA) is 100 Å². The largest absolute Gasteiger partial charge is 0.334 e. The molecule has 22 heavy (non-hydrogen) atoms. The van der Waals surface area contributed by atoms with Crippen LogP contribution < -0.4 is 15.4 Å². The van der Waals surface area contributed by atoms with E-state index in [2.05, 4.69) is 20.3 Å². The van der Waals surface area contributed by atoms with E-state index in [0.29, 0.717) is 5.69 Å². The summed E-state index contributed by atoms with van der Waals surface area (Å²) in [5.41, 5.74) is 1.43. The molecule has 0 aliphatic rings. The van der Waals surface area contributed by atoms with Gasteiger partial charge in [0.1, 0.15) is 0 Å². The molecule has 0 aliphatic heterocycles. The molecular weight excluding hydrogens is 304 g/mol. The van der Waals surface area contributed by atoms with Crippen molar-refractivity contribution in [1.29, 1.82) is 0 Å². The van der Waals surface area contributed by atoms with Gasteiger partial charge in [-0.15, -0.1) is 0 Å². The molecule has 0 saturated carbocycles. The maximum Gasteiger partial charge on any atom is 0.319 e. The first kappa shape index (κ1) is 15.9. The van der Waals surface area contributed by atoms with Crippen molar-refractivity contribution in [2.24, 2.45) is 0 Å². The fourth-order valence-corrected chi connectivity index (χ4v) is 2.43. The SMILES string of the molecule is CNS(=O)(=O)c1ccc(CNC(=O)Nc2ccncc2)cc1. The molecule has 1 aromatic carbocycles. The minimum Gasteiger partial charge on any atom is -0.334 e. The van der Waals surface area contributed by atoms with Crippen molar-refractivity contribution in [1.82, 2.24) is 15.0 Å². The van der Waals surface area contributed by atoms with Gasteiger partial charge in [0.05, 0.1) is 4.90 Å². The predicted molar refractivity (Wildman–Crippen MR) is 82.8 cm³/mol. The lowest BCUT2D eigenvalue weighted by Crippen LogP contribution is -2.28. The third kappa shape index (κ3) is 4.27. The summed E-state index contributed by atoms with van der Waals surface area (Å²) in [4.78, 5) is 15.7. The Morgan fingerprint density at radius 3 is 2.32 bits per heavy atom. The Labute approximate surface area is 128 Å². The first-order chi connectivity index (χ1) is 10.5. The molecule has 1 aromatic heterocycles. The summed E-state index contributed by atoms with van der Waals surface area (Å²) in [7, 11) is -2.09. The van der Waals surface area contributed by atoms with Gasteiger partial charge >= 0.3 is 6.03 Å². The van der Waals surface area contributed by atoms with Gasteiger partial charge in [-0.25, -0.2) is 17.9 Å². The Morgan fingerprint density at radius 1 is 1.09 bits per heavy atom. The molecule has 0 atom stereocenters. The van der Waals surface area contributed by atoms with Gasteiger partial charge in [0.15, 0.2) is 0 Å². The van der Waals surface area contributed by atoms with E-state index < -0.39 is 10.0 Å². The highest BCUT2D eigenvalue weighted by Crippen LogP contribution is 2.10. The molecule has 2 amide bonds. The van der Waals surface area contributed by atoms with Gasteiger partial charge in [0.25, 0.3) is 0 Å². The number of rotatable bonds is 5. The molecular formula is C14H16N4O3S. The predicted octanol–water partition coefficient (Wildman–Crippen LogP) is 1.31. The maximum atomic E-state index is 11.7. The number of hydrogen-bond donors (Lipinski definition) is 3. The van der Waals surface area contributed by atoms with Crippen LogP contribution in [0.4, 0.5) is 10.5 Å². The zero-order valence-corrected chi connectivity index (χ0v) is 12.7. The van der Waals surface area contributed by atoms with Crippen LogP contribution in [0.15, 0.2) is 53.7 Å². The van der Waals surface area contributed by atoms with Crippen LogP contribution in [-0.2, 0) is 16.6 Å². The van der Waals surface area contributed by atoms with Gasteiger partial charge < -0.3 is 10.6 Å². The molecule has 0 bridgehead atoms. The molecule has 0 aliphatic carbocycles. The van der Waals surface area contributed by atoms with Gasteiger partial charge in [-0.3, -0.25) is 4.98 Å². The van der Waals surface area contributed by atoms with Crippen molar-refractivity contribution >= 4 is 21.7 Å². The lowest BCUT2D eigenvalue weighted by Gasteiger charge is -2.08. The first-order valence-electron chi connectivity index (χ1n) is 6.48. The van der Waals surface area contributed by atoms with E-state index in [1.807, 2.05) is 0 Å². The van der Waals surface area contributed by atoms with Crippen molar-refractivity contribution in [3.05, 3.63) is 54.4 Å². The third-order valence-corrected chi connectivity index (χ3v) is 4.32. The number of sulfonamides is 1. The fraction of sp³-hybridized carbons (Fsp3) is 0.143. The van der Waals surface area contributed by atoms with Crippen LogP contribution in [-0.4, -0.2) is 26.5 Å². The van der Waals surface area contributed by atoms with Crippen LogP contribution in [0.25, 0.3) is 0 Å². The molecule has 0 radical (unpaired) electrons. The van der Waals surface area contributed by atoms with Crippen LogP contribution in [0.1, 0.15) is 5.56 Å². The smallest absolute Gasteiger partial charge is 0.319 e. The monoisotopic (exact) mass is 320 g/mol. The van der Waals surface area contributed by atoms with Crippen LogP contribution in [0.3, 0.4) is 0 Å². The summed E-state index contributed by atoms with van der Waals surface area (Å²) < 4.78 is 25.4. The lowest BCUT2D eigenvalue weighted by molar-refractivity contribution is 0.251. The van der Waals surface area contributed by atoms with E-state index in [9.17, 15) is 13.2 Å². The van der Waals surface area contributed by atoms with Gasteiger partial charge in [0.2, 0.25) is 10.0 Å². The number of carbonyl (C=O) groups is 1.